The Hall–Kier alpha value is -0.300. The normalized spacial score (nSPS) is 36.1. The van der Waals surface area contributed by atoms with Gasteiger partial charge in [0.2, 0.25) is 0 Å². The second kappa shape index (κ2) is 3.37. The predicted molar refractivity (Wildman–Crippen MR) is 59.3 cm³/mol. The van der Waals surface area contributed by atoms with Crippen LogP contribution in [0.5, 0.6) is 0 Å². The Labute approximate surface area is 87.2 Å². The largest absolute Gasteiger partial charge is 0.296 e. The smallest absolute Gasteiger partial charge is 0.0166 e. The fraction of sp³-hybridized carbons (Fsp3) is 0.846. The first-order valence-corrected chi connectivity index (χ1v) is 6.27. The Balaban J connectivity index is 1.73. The molecule has 2 heterocycles. The molecule has 0 aromatic carbocycles. The molecule has 1 spiro atoms. The van der Waals surface area contributed by atoms with Gasteiger partial charge in [-0.2, -0.15) is 0 Å². The van der Waals surface area contributed by atoms with Crippen LogP contribution in [0.1, 0.15) is 44.9 Å². The summed E-state index contributed by atoms with van der Waals surface area (Å²) in [7, 11) is 0. The maximum atomic E-state index is 2.74. The lowest BCUT2D eigenvalue weighted by atomic mass is 9.75. The summed E-state index contributed by atoms with van der Waals surface area (Å²) in [5, 5.41) is 0. The summed E-state index contributed by atoms with van der Waals surface area (Å²) < 4.78 is 0. The molecule has 1 aliphatic carbocycles. The van der Waals surface area contributed by atoms with Gasteiger partial charge < -0.3 is 0 Å². The van der Waals surface area contributed by atoms with Crippen molar-refractivity contribution in [2.24, 2.45) is 5.41 Å². The molecule has 1 atom stereocenters. The molecule has 2 fully saturated rings. The highest BCUT2D eigenvalue weighted by atomic mass is 15.2. The summed E-state index contributed by atoms with van der Waals surface area (Å²) in [6.07, 6.45) is 15.1. The van der Waals surface area contributed by atoms with Crippen LogP contribution in [0.25, 0.3) is 0 Å². The van der Waals surface area contributed by atoms with Gasteiger partial charge in [0.05, 0.1) is 0 Å². The zero-order valence-corrected chi connectivity index (χ0v) is 9.04. The van der Waals surface area contributed by atoms with E-state index in [1.165, 1.54) is 58.0 Å². The third-order valence-corrected chi connectivity index (χ3v) is 4.64. The van der Waals surface area contributed by atoms with Gasteiger partial charge in [-0.15, -0.1) is 0 Å². The summed E-state index contributed by atoms with van der Waals surface area (Å²) in [5.41, 5.74) is 0.752. The molecular formula is C13H21N. The van der Waals surface area contributed by atoms with Crippen molar-refractivity contribution in [1.82, 2.24) is 4.90 Å². The summed E-state index contributed by atoms with van der Waals surface area (Å²) in [6.45, 7) is 2.63. The molecule has 0 aromatic rings. The maximum Gasteiger partial charge on any atom is 0.0166 e. The van der Waals surface area contributed by atoms with E-state index in [0.29, 0.717) is 0 Å². The van der Waals surface area contributed by atoms with Crippen LogP contribution in [-0.4, -0.2) is 24.0 Å². The molecular weight excluding hydrogens is 170 g/mol. The van der Waals surface area contributed by atoms with Crippen molar-refractivity contribution in [1.29, 1.82) is 0 Å². The zero-order chi connectivity index (χ0) is 9.43. The van der Waals surface area contributed by atoms with Gasteiger partial charge in [0, 0.05) is 19.1 Å². The minimum absolute atomic E-state index is 0.752. The summed E-state index contributed by atoms with van der Waals surface area (Å²) in [4.78, 5) is 2.74. The van der Waals surface area contributed by atoms with Crippen LogP contribution in [0, 0.1) is 5.41 Å². The van der Waals surface area contributed by atoms with E-state index < -0.39 is 0 Å². The Morgan fingerprint density at radius 2 is 1.93 bits per heavy atom. The Morgan fingerprint density at radius 3 is 2.79 bits per heavy atom. The lowest BCUT2D eigenvalue weighted by Crippen LogP contribution is -2.48. The van der Waals surface area contributed by atoms with Crippen molar-refractivity contribution < 1.29 is 0 Å². The third-order valence-electron chi connectivity index (χ3n) is 4.64. The lowest BCUT2D eigenvalue weighted by molar-refractivity contribution is 0.0510. The number of hydrogen-bond donors (Lipinski definition) is 0. The first-order valence-electron chi connectivity index (χ1n) is 6.27. The topological polar surface area (TPSA) is 3.24 Å². The van der Waals surface area contributed by atoms with Crippen molar-refractivity contribution in [3.8, 4) is 0 Å². The van der Waals surface area contributed by atoms with Gasteiger partial charge in [-0.1, -0.05) is 25.0 Å². The van der Waals surface area contributed by atoms with Crippen molar-refractivity contribution in [3.63, 3.8) is 0 Å². The summed E-state index contributed by atoms with van der Waals surface area (Å²) in [5.74, 6) is 0. The van der Waals surface area contributed by atoms with Crippen LogP contribution in [-0.2, 0) is 0 Å². The van der Waals surface area contributed by atoms with E-state index in [9.17, 15) is 0 Å². The Morgan fingerprint density at radius 1 is 1.07 bits per heavy atom. The monoisotopic (exact) mass is 191 g/mol. The SMILES string of the molecule is C1=CCN2CC3(CCCC3)CCC2C1. The molecule has 3 aliphatic rings. The molecule has 0 aromatic heterocycles. The lowest BCUT2D eigenvalue weighted by Gasteiger charge is -2.46. The van der Waals surface area contributed by atoms with Gasteiger partial charge in [0.25, 0.3) is 0 Å². The molecule has 14 heavy (non-hydrogen) atoms. The number of nitrogens with zero attached hydrogens (tertiary/aromatic N) is 1. The van der Waals surface area contributed by atoms with Gasteiger partial charge >= 0.3 is 0 Å². The number of piperidine rings is 1. The van der Waals surface area contributed by atoms with Gasteiger partial charge in [-0.05, 0) is 37.5 Å². The summed E-state index contributed by atoms with van der Waals surface area (Å²) >= 11 is 0. The van der Waals surface area contributed by atoms with Gasteiger partial charge in [-0.25, -0.2) is 0 Å². The van der Waals surface area contributed by atoms with Crippen LogP contribution in [0.4, 0.5) is 0 Å². The van der Waals surface area contributed by atoms with Crippen molar-refractivity contribution in [3.05, 3.63) is 12.2 Å². The molecule has 1 nitrogen and oxygen atoms in total. The minimum atomic E-state index is 0.752. The Bertz CT molecular complexity index is 238. The molecule has 0 radical (unpaired) electrons. The standard InChI is InChI=1S/C13H21N/c1-4-10-14-11-13(7-2-3-8-13)9-6-12(14)5-1/h1,4,12H,2-3,5-11H2. The molecule has 1 saturated carbocycles. The quantitative estimate of drug-likeness (QED) is 0.532. The van der Waals surface area contributed by atoms with Crippen LogP contribution in [0.2, 0.25) is 0 Å². The fourth-order valence-corrected chi connectivity index (χ4v) is 3.77. The highest BCUT2D eigenvalue weighted by Crippen LogP contribution is 2.46. The minimum Gasteiger partial charge on any atom is -0.296 e. The molecule has 0 bridgehead atoms. The van der Waals surface area contributed by atoms with Gasteiger partial charge in [0.1, 0.15) is 0 Å². The second-order valence-electron chi connectivity index (χ2n) is 5.54. The third kappa shape index (κ3) is 1.42. The van der Waals surface area contributed by atoms with E-state index in [0.717, 1.165) is 11.5 Å². The van der Waals surface area contributed by atoms with Crippen molar-refractivity contribution in [2.45, 2.75) is 51.0 Å². The van der Waals surface area contributed by atoms with Crippen LogP contribution in [0.15, 0.2) is 12.2 Å². The van der Waals surface area contributed by atoms with Gasteiger partial charge in [-0.3, -0.25) is 4.90 Å². The molecule has 0 N–H and O–H groups in total. The number of fused-ring (bicyclic) bond motifs is 1. The molecule has 1 unspecified atom stereocenters. The van der Waals surface area contributed by atoms with E-state index in [1.807, 2.05) is 0 Å². The molecule has 78 valence electrons. The summed E-state index contributed by atoms with van der Waals surface area (Å²) in [6, 6.07) is 0.895. The average Bonchev–Trinajstić information content (AvgIpc) is 2.66. The van der Waals surface area contributed by atoms with E-state index >= 15 is 0 Å². The first kappa shape index (κ1) is 8.96. The van der Waals surface area contributed by atoms with Crippen LogP contribution in [0.3, 0.4) is 0 Å². The molecule has 3 rings (SSSR count). The second-order valence-corrected chi connectivity index (χ2v) is 5.54. The van der Waals surface area contributed by atoms with E-state index in [1.54, 1.807) is 0 Å². The predicted octanol–water partition coefficient (Wildman–Crippen LogP) is 2.97. The van der Waals surface area contributed by atoms with Crippen LogP contribution < -0.4 is 0 Å². The highest BCUT2D eigenvalue weighted by Gasteiger charge is 2.40. The zero-order valence-electron chi connectivity index (χ0n) is 9.04. The van der Waals surface area contributed by atoms with E-state index in [-0.39, 0.29) is 0 Å². The fourth-order valence-electron chi connectivity index (χ4n) is 3.77. The maximum absolute atomic E-state index is 2.74. The van der Waals surface area contributed by atoms with Crippen molar-refractivity contribution in [2.75, 3.05) is 13.1 Å². The van der Waals surface area contributed by atoms with Crippen molar-refractivity contribution >= 4 is 0 Å². The molecule has 1 saturated heterocycles. The Kier molecular flexibility index (Phi) is 2.16. The highest BCUT2D eigenvalue weighted by molar-refractivity contribution is 5.02. The average molecular weight is 191 g/mol. The molecule has 0 amide bonds. The van der Waals surface area contributed by atoms with E-state index in [2.05, 4.69) is 17.1 Å². The van der Waals surface area contributed by atoms with E-state index in [4.69, 9.17) is 0 Å². The molecule has 1 heteroatoms. The molecule has 2 aliphatic heterocycles. The van der Waals surface area contributed by atoms with Gasteiger partial charge in [0.15, 0.2) is 0 Å². The number of rotatable bonds is 0. The van der Waals surface area contributed by atoms with Crippen LogP contribution >= 0.6 is 0 Å². The number of hydrogen-bond acceptors (Lipinski definition) is 1. The first-order chi connectivity index (χ1) is 6.88.